The van der Waals surface area contributed by atoms with Crippen LogP contribution in [0, 0.1) is 0 Å². The lowest BCUT2D eigenvalue weighted by molar-refractivity contribution is -0.167. The second-order valence-corrected chi connectivity index (χ2v) is 20.6. The highest BCUT2D eigenvalue weighted by molar-refractivity contribution is 5.71. The van der Waals surface area contributed by atoms with Gasteiger partial charge in [-0.1, -0.05) is 268 Å². The van der Waals surface area contributed by atoms with Gasteiger partial charge in [0.15, 0.2) is 6.10 Å². The fourth-order valence-corrected chi connectivity index (χ4v) is 8.92. The molecule has 408 valence electrons. The van der Waals surface area contributed by atoms with Crippen molar-refractivity contribution >= 4 is 17.9 Å². The molecule has 0 N–H and O–H groups in total. The molecule has 6 heteroatoms. The minimum absolute atomic E-state index is 0.0738. The predicted molar refractivity (Wildman–Crippen MR) is 302 cm³/mol. The van der Waals surface area contributed by atoms with Crippen LogP contribution in [0.2, 0.25) is 0 Å². The normalized spacial score (nSPS) is 12.3. The number of carbonyl (C=O) groups is 3. The fraction of sp³-hybridized carbons (Fsp3) is 0.828. The van der Waals surface area contributed by atoms with E-state index in [2.05, 4.69) is 69.4 Å². The molecule has 70 heavy (non-hydrogen) atoms. The van der Waals surface area contributed by atoms with Crippen LogP contribution in [-0.2, 0) is 28.6 Å². The molecule has 0 aliphatic carbocycles. The highest BCUT2D eigenvalue weighted by atomic mass is 16.6. The lowest BCUT2D eigenvalue weighted by atomic mass is 10.0. The maximum absolute atomic E-state index is 12.8. The maximum Gasteiger partial charge on any atom is 0.306 e. The molecule has 0 saturated carbocycles. The number of esters is 3. The van der Waals surface area contributed by atoms with Gasteiger partial charge in [0.05, 0.1) is 0 Å². The molecule has 0 rings (SSSR count). The molecule has 0 aromatic carbocycles. The van der Waals surface area contributed by atoms with E-state index in [4.69, 9.17) is 14.2 Å². The number of hydrogen-bond donors (Lipinski definition) is 0. The summed E-state index contributed by atoms with van der Waals surface area (Å²) in [7, 11) is 0. The van der Waals surface area contributed by atoms with Crippen LogP contribution in [0.25, 0.3) is 0 Å². The average molecular weight is 982 g/mol. The molecular formula is C64H116O6. The van der Waals surface area contributed by atoms with Gasteiger partial charge in [-0.25, -0.2) is 0 Å². The van der Waals surface area contributed by atoms with Crippen molar-refractivity contribution in [2.24, 2.45) is 0 Å². The van der Waals surface area contributed by atoms with Crippen molar-refractivity contribution in [1.29, 1.82) is 0 Å². The van der Waals surface area contributed by atoms with Crippen molar-refractivity contribution in [3.63, 3.8) is 0 Å². The van der Waals surface area contributed by atoms with Crippen molar-refractivity contribution in [2.75, 3.05) is 13.2 Å². The number of ether oxygens (including phenoxy) is 3. The Kier molecular flexibility index (Phi) is 56.7. The predicted octanol–water partition coefficient (Wildman–Crippen LogP) is 20.6. The zero-order valence-corrected chi connectivity index (χ0v) is 46.8. The summed E-state index contributed by atoms with van der Waals surface area (Å²) in [5.74, 6) is -0.875. The highest BCUT2D eigenvalue weighted by Crippen LogP contribution is 2.16. The van der Waals surface area contributed by atoms with Crippen molar-refractivity contribution in [3.8, 4) is 0 Å². The van der Waals surface area contributed by atoms with Crippen LogP contribution in [0.15, 0.2) is 48.6 Å². The molecule has 0 saturated heterocycles. The van der Waals surface area contributed by atoms with Gasteiger partial charge in [-0.15, -0.1) is 0 Å². The first kappa shape index (κ1) is 67.4. The van der Waals surface area contributed by atoms with Crippen molar-refractivity contribution in [1.82, 2.24) is 0 Å². The summed E-state index contributed by atoms with van der Waals surface area (Å²) in [4.78, 5) is 38.0. The SMILES string of the molecule is CCCCCCC/C=C\C/C=C\C/C=C\CCCCCCCCCCCCCCCCC(=O)OCC(COC(=O)CCCCCCCCC)OC(=O)CCCCCCC/C=C\CCCCCCCCC. The van der Waals surface area contributed by atoms with Crippen LogP contribution >= 0.6 is 0 Å². The third kappa shape index (κ3) is 56.3. The lowest BCUT2D eigenvalue weighted by Gasteiger charge is -2.18. The summed E-state index contributed by atoms with van der Waals surface area (Å²) in [6.45, 7) is 6.61. The van der Waals surface area contributed by atoms with Crippen molar-refractivity contribution in [2.45, 2.75) is 329 Å². The first-order valence-electron chi connectivity index (χ1n) is 30.6. The Bertz CT molecular complexity index is 1220. The Morgan fingerprint density at radius 1 is 0.286 bits per heavy atom. The van der Waals surface area contributed by atoms with Gasteiger partial charge in [0, 0.05) is 19.3 Å². The molecule has 6 nitrogen and oxygen atoms in total. The van der Waals surface area contributed by atoms with Crippen LogP contribution in [-0.4, -0.2) is 37.2 Å². The Balaban J connectivity index is 4.07. The topological polar surface area (TPSA) is 78.9 Å². The second-order valence-electron chi connectivity index (χ2n) is 20.6. The van der Waals surface area contributed by atoms with Crippen LogP contribution in [0.5, 0.6) is 0 Å². The largest absolute Gasteiger partial charge is 0.462 e. The number of hydrogen-bond acceptors (Lipinski definition) is 6. The molecule has 0 aromatic heterocycles. The lowest BCUT2D eigenvalue weighted by Crippen LogP contribution is -2.30. The molecule has 0 amide bonds. The zero-order valence-electron chi connectivity index (χ0n) is 46.8. The zero-order chi connectivity index (χ0) is 50.7. The van der Waals surface area contributed by atoms with E-state index in [-0.39, 0.29) is 31.1 Å². The molecule has 0 bridgehead atoms. The molecule has 0 aromatic rings. The van der Waals surface area contributed by atoms with E-state index in [0.717, 1.165) is 77.0 Å². The van der Waals surface area contributed by atoms with Gasteiger partial charge in [0.25, 0.3) is 0 Å². The maximum atomic E-state index is 12.8. The van der Waals surface area contributed by atoms with Crippen LogP contribution in [0.4, 0.5) is 0 Å². The number of unbranched alkanes of at least 4 members (excludes halogenated alkanes) is 37. The monoisotopic (exact) mass is 981 g/mol. The number of carbonyl (C=O) groups excluding carboxylic acids is 3. The molecule has 1 unspecified atom stereocenters. The van der Waals surface area contributed by atoms with Crippen molar-refractivity contribution < 1.29 is 28.6 Å². The quantitative estimate of drug-likeness (QED) is 0.0261. The fourth-order valence-electron chi connectivity index (χ4n) is 8.92. The Labute approximate surface area is 435 Å². The van der Waals surface area contributed by atoms with Gasteiger partial charge in [0.1, 0.15) is 13.2 Å². The van der Waals surface area contributed by atoms with Gasteiger partial charge < -0.3 is 14.2 Å². The van der Waals surface area contributed by atoms with Gasteiger partial charge in [0.2, 0.25) is 0 Å². The Morgan fingerprint density at radius 2 is 0.514 bits per heavy atom. The summed E-state index contributed by atoms with van der Waals surface area (Å²) in [6, 6.07) is 0. The number of rotatable bonds is 56. The Hall–Kier alpha value is -2.63. The number of allylic oxidation sites excluding steroid dienone is 8. The van der Waals surface area contributed by atoms with E-state index in [1.807, 2.05) is 0 Å². The van der Waals surface area contributed by atoms with E-state index in [1.54, 1.807) is 0 Å². The molecule has 0 aliphatic heterocycles. The molecule has 0 aliphatic rings. The molecule has 0 fully saturated rings. The minimum atomic E-state index is -0.773. The van der Waals surface area contributed by atoms with Gasteiger partial charge in [-0.3, -0.25) is 14.4 Å². The van der Waals surface area contributed by atoms with Crippen LogP contribution < -0.4 is 0 Å². The molecule has 1 atom stereocenters. The van der Waals surface area contributed by atoms with Gasteiger partial charge >= 0.3 is 17.9 Å². The summed E-state index contributed by atoms with van der Waals surface area (Å²) in [5.41, 5.74) is 0. The smallest absolute Gasteiger partial charge is 0.306 e. The average Bonchev–Trinajstić information content (AvgIpc) is 3.36. The molecule has 0 heterocycles. The Morgan fingerprint density at radius 3 is 0.814 bits per heavy atom. The van der Waals surface area contributed by atoms with Crippen molar-refractivity contribution in [3.05, 3.63) is 48.6 Å². The minimum Gasteiger partial charge on any atom is -0.462 e. The molecular weight excluding hydrogens is 865 g/mol. The summed E-state index contributed by atoms with van der Waals surface area (Å²) in [5, 5.41) is 0. The van der Waals surface area contributed by atoms with E-state index in [1.165, 1.54) is 205 Å². The van der Waals surface area contributed by atoms with Gasteiger partial charge in [-0.2, -0.15) is 0 Å². The standard InChI is InChI=1S/C64H116O6/c1-4-7-10-13-16-18-20-22-24-26-27-28-29-30-31-32-33-34-35-36-37-38-40-41-43-45-48-51-54-57-63(66)69-60-61(59-68-62(65)56-53-50-47-15-12-9-6-3)70-64(67)58-55-52-49-46-44-42-39-25-23-21-19-17-14-11-8-5-2/h20,22,25-27,29-30,39,61H,4-19,21,23-24,28,31-38,40-60H2,1-3H3/b22-20-,27-26-,30-29-,39-25-. The summed E-state index contributed by atoms with van der Waals surface area (Å²) in [6.07, 6.45) is 72.8. The van der Waals surface area contributed by atoms with Gasteiger partial charge in [-0.05, 0) is 83.5 Å². The summed E-state index contributed by atoms with van der Waals surface area (Å²) < 4.78 is 16.8. The first-order chi connectivity index (χ1) is 34.5. The summed E-state index contributed by atoms with van der Waals surface area (Å²) >= 11 is 0. The first-order valence-corrected chi connectivity index (χ1v) is 30.6. The highest BCUT2D eigenvalue weighted by Gasteiger charge is 2.19. The van der Waals surface area contributed by atoms with E-state index < -0.39 is 6.10 Å². The van der Waals surface area contributed by atoms with Crippen LogP contribution in [0.3, 0.4) is 0 Å². The van der Waals surface area contributed by atoms with Crippen LogP contribution in [0.1, 0.15) is 323 Å². The van der Waals surface area contributed by atoms with E-state index in [0.29, 0.717) is 19.3 Å². The molecule has 0 radical (unpaired) electrons. The molecule has 0 spiro atoms. The third-order valence-corrected chi connectivity index (χ3v) is 13.6. The third-order valence-electron chi connectivity index (χ3n) is 13.6. The van der Waals surface area contributed by atoms with E-state index >= 15 is 0 Å². The van der Waals surface area contributed by atoms with E-state index in [9.17, 15) is 14.4 Å². The second kappa shape index (κ2) is 58.9.